The molecule has 0 radical (unpaired) electrons. The predicted octanol–water partition coefficient (Wildman–Crippen LogP) is 3.80. The van der Waals surface area contributed by atoms with Gasteiger partial charge in [-0.1, -0.05) is 30.9 Å². The summed E-state index contributed by atoms with van der Waals surface area (Å²) < 4.78 is 0. The summed E-state index contributed by atoms with van der Waals surface area (Å²) >= 11 is 5.87. The number of carbonyl (C=O) groups excluding carboxylic acids is 2. The standard InChI is InChI=1S/C17H22ClN3O2/c1-12-11-13(18)9-10-15(12)19-16(22)17(23)21-20-14-7-5-3-2-4-6-8-14/h9-11H,2-8H2,1H3,(H,19,22)(H,21,23). The van der Waals surface area contributed by atoms with E-state index in [0.29, 0.717) is 10.7 Å². The van der Waals surface area contributed by atoms with Crippen molar-refractivity contribution in [3.8, 4) is 0 Å². The van der Waals surface area contributed by atoms with Gasteiger partial charge in [0.05, 0.1) is 0 Å². The molecule has 0 unspecified atom stereocenters. The minimum absolute atomic E-state index is 0.563. The predicted molar refractivity (Wildman–Crippen MR) is 92.7 cm³/mol. The van der Waals surface area contributed by atoms with E-state index in [-0.39, 0.29) is 0 Å². The molecule has 0 atom stereocenters. The molecule has 0 aromatic heterocycles. The Balaban J connectivity index is 1.90. The molecule has 6 heteroatoms. The Morgan fingerprint density at radius 1 is 1.04 bits per heavy atom. The zero-order valence-electron chi connectivity index (χ0n) is 13.3. The Morgan fingerprint density at radius 3 is 2.35 bits per heavy atom. The van der Waals surface area contributed by atoms with Crippen molar-refractivity contribution < 1.29 is 9.59 Å². The van der Waals surface area contributed by atoms with Crippen LogP contribution in [0.4, 0.5) is 5.69 Å². The summed E-state index contributed by atoms with van der Waals surface area (Å²) in [4.78, 5) is 23.8. The van der Waals surface area contributed by atoms with Crippen LogP contribution >= 0.6 is 11.6 Å². The zero-order chi connectivity index (χ0) is 16.7. The summed E-state index contributed by atoms with van der Waals surface area (Å²) in [5.74, 6) is -1.49. The van der Waals surface area contributed by atoms with Crippen LogP contribution in [0.5, 0.6) is 0 Å². The number of benzene rings is 1. The minimum atomic E-state index is -0.756. The fraction of sp³-hybridized carbons (Fsp3) is 0.471. The van der Waals surface area contributed by atoms with E-state index >= 15 is 0 Å². The van der Waals surface area contributed by atoms with Crippen LogP contribution in [0.25, 0.3) is 0 Å². The molecule has 0 aliphatic heterocycles. The van der Waals surface area contributed by atoms with Crippen molar-refractivity contribution >= 4 is 34.8 Å². The van der Waals surface area contributed by atoms with Gasteiger partial charge in [-0.15, -0.1) is 0 Å². The number of amides is 2. The number of nitrogens with zero attached hydrogens (tertiary/aromatic N) is 1. The van der Waals surface area contributed by atoms with Crippen LogP contribution in [0, 0.1) is 6.92 Å². The Hall–Kier alpha value is -1.88. The number of rotatable bonds is 2. The Morgan fingerprint density at radius 2 is 1.70 bits per heavy atom. The van der Waals surface area contributed by atoms with Gasteiger partial charge in [-0.3, -0.25) is 9.59 Å². The maximum atomic E-state index is 11.9. The van der Waals surface area contributed by atoms with Gasteiger partial charge in [-0.05, 0) is 56.4 Å². The van der Waals surface area contributed by atoms with Crippen LogP contribution in [0.1, 0.15) is 50.5 Å². The van der Waals surface area contributed by atoms with E-state index in [1.54, 1.807) is 18.2 Å². The van der Waals surface area contributed by atoms with E-state index < -0.39 is 11.8 Å². The van der Waals surface area contributed by atoms with Gasteiger partial charge in [-0.2, -0.15) is 5.10 Å². The van der Waals surface area contributed by atoms with Crippen molar-refractivity contribution in [3.05, 3.63) is 28.8 Å². The summed E-state index contributed by atoms with van der Waals surface area (Å²) in [5, 5.41) is 7.27. The molecule has 2 N–H and O–H groups in total. The molecule has 1 saturated carbocycles. The molecule has 124 valence electrons. The molecule has 0 bridgehead atoms. The molecular formula is C17H22ClN3O2. The van der Waals surface area contributed by atoms with Crippen LogP contribution in [0.2, 0.25) is 5.02 Å². The van der Waals surface area contributed by atoms with Crippen LogP contribution in [-0.2, 0) is 9.59 Å². The van der Waals surface area contributed by atoms with Crippen molar-refractivity contribution in [1.29, 1.82) is 0 Å². The van der Waals surface area contributed by atoms with E-state index in [2.05, 4.69) is 15.8 Å². The molecule has 23 heavy (non-hydrogen) atoms. The van der Waals surface area contributed by atoms with E-state index in [1.165, 1.54) is 19.3 Å². The summed E-state index contributed by atoms with van der Waals surface area (Å²) in [7, 11) is 0. The number of hydrogen-bond donors (Lipinski definition) is 2. The highest BCUT2D eigenvalue weighted by Gasteiger charge is 2.15. The lowest BCUT2D eigenvalue weighted by Crippen LogP contribution is -2.33. The summed E-state index contributed by atoms with van der Waals surface area (Å²) in [6, 6.07) is 5.06. The maximum Gasteiger partial charge on any atom is 0.329 e. The SMILES string of the molecule is Cc1cc(Cl)ccc1NC(=O)C(=O)NN=C1CCCCCCC1. The topological polar surface area (TPSA) is 70.6 Å². The third kappa shape index (κ3) is 5.67. The highest BCUT2D eigenvalue weighted by molar-refractivity contribution is 6.39. The first-order valence-corrected chi connectivity index (χ1v) is 8.37. The van der Waals surface area contributed by atoms with Gasteiger partial charge >= 0.3 is 11.8 Å². The molecule has 1 aromatic carbocycles. The van der Waals surface area contributed by atoms with E-state index in [9.17, 15) is 9.59 Å². The number of aryl methyl sites for hydroxylation is 1. The second-order valence-electron chi connectivity index (χ2n) is 5.80. The largest absolute Gasteiger partial charge is 0.329 e. The number of halogens is 1. The van der Waals surface area contributed by atoms with E-state index in [1.807, 2.05) is 6.92 Å². The highest BCUT2D eigenvalue weighted by atomic mass is 35.5. The highest BCUT2D eigenvalue weighted by Crippen LogP contribution is 2.19. The van der Waals surface area contributed by atoms with Gasteiger partial charge in [0, 0.05) is 16.4 Å². The van der Waals surface area contributed by atoms with Crippen LogP contribution in [0.3, 0.4) is 0 Å². The first kappa shape index (κ1) is 17.5. The van der Waals surface area contributed by atoms with Gasteiger partial charge in [0.15, 0.2) is 0 Å². The zero-order valence-corrected chi connectivity index (χ0v) is 14.1. The number of hydrazone groups is 1. The molecule has 1 aliphatic rings. The third-order valence-electron chi connectivity index (χ3n) is 3.89. The number of carbonyl (C=O) groups is 2. The van der Waals surface area contributed by atoms with E-state index in [0.717, 1.165) is 37.0 Å². The first-order valence-electron chi connectivity index (χ1n) is 7.99. The fourth-order valence-electron chi connectivity index (χ4n) is 2.55. The second kappa shape index (κ2) is 8.67. The molecule has 2 amide bonds. The average Bonchev–Trinajstić information content (AvgIpc) is 2.48. The van der Waals surface area contributed by atoms with Crippen molar-refractivity contribution in [2.24, 2.45) is 5.10 Å². The Labute approximate surface area is 141 Å². The fourth-order valence-corrected chi connectivity index (χ4v) is 2.78. The molecule has 0 heterocycles. The molecule has 0 spiro atoms. The number of anilines is 1. The lowest BCUT2D eigenvalue weighted by atomic mass is 9.99. The van der Waals surface area contributed by atoms with Gasteiger partial charge in [0.1, 0.15) is 0 Å². The summed E-state index contributed by atoms with van der Waals surface area (Å²) in [6.07, 6.45) is 7.61. The lowest BCUT2D eigenvalue weighted by molar-refractivity contribution is -0.136. The van der Waals surface area contributed by atoms with Gasteiger partial charge < -0.3 is 5.32 Å². The van der Waals surface area contributed by atoms with Crippen LogP contribution in [0.15, 0.2) is 23.3 Å². The molecule has 0 saturated heterocycles. The minimum Gasteiger partial charge on any atom is -0.317 e. The van der Waals surface area contributed by atoms with E-state index in [4.69, 9.17) is 11.6 Å². The smallest absolute Gasteiger partial charge is 0.317 e. The quantitative estimate of drug-likeness (QED) is 0.637. The summed E-state index contributed by atoms with van der Waals surface area (Å²) in [5.41, 5.74) is 4.69. The molecule has 2 rings (SSSR count). The third-order valence-corrected chi connectivity index (χ3v) is 4.12. The van der Waals surface area contributed by atoms with Crippen molar-refractivity contribution in [1.82, 2.24) is 5.43 Å². The summed E-state index contributed by atoms with van der Waals surface area (Å²) in [6.45, 7) is 1.81. The lowest BCUT2D eigenvalue weighted by Gasteiger charge is -2.11. The maximum absolute atomic E-state index is 11.9. The molecular weight excluding hydrogens is 314 g/mol. The van der Waals surface area contributed by atoms with Crippen LogP contribution < -0.4 is 10.7 Å². The Kier molecular flexibility index (Phi) is 6.59. The van der Waals surface area contributed by atoms with Gasteiger partial charge in [-0.25, -0.2) is 5.43 Å². The van der Waals surface area contributed by atoms with Gasteiger partial charge in [0.2, 0.25) is 0 Å². The van der Waals surface area contributed by atoms with Crippen molar-refractivity contribution in [2.75, 3.05) is 5.32 Å². The second-order valence-corrected chi connectivity index (χ2v) is 6.24. The Bertz CT molecular complexity index is 604. The number of hydrogen-bond acceptors (Lipinski definition) is 3. The molecule has 1 aromatic rings. The van der Waals surface area contributed by atoms with Crippen LogP contribution in [-0.4, -0.2) is 17.5 Å². The molecule has 1 fully saturated rings. The van der Waals surface area contributed by atoms with Gasteiger partial charge in [0.25, 0.3) is 0 Å². The van der Waals surface area contributed by atoms with Crippen molar-refractivity contribution in [2.45, 2.75) is 51.9 Å². The first-order chi connectivity index (χ1) is 11.1. The van der Waals surface area contributed by atoms with Crippen molar-refractivity contribution in [3.63, 3.8) is 0 Å². The monoisotopic (exact) mass is 335 g/mol. The average molecular weight is 336 g/mol. The normalized spacial score (nSPS) is 15.3. The number of nitrogens with one attached hydrogen (secondary N) is 2. The molecule has 1 aliphatic carbocycles. The molecule has 5 nitrogen and oxygen atoms in total.